The lowest BCUT2D eigenvalue weighted by Crippen LogP contribution is -2.28. The molecule has 1 rings (SSSR count). The van der Waals surface area contributed by atoms with Gasteiger partial charge in [0.15, 0.2) is 0 Å². The fraction of sp³-hybridized carbons (Fsp3) is 0.714. The van der Waals surface area contributed by atoms with Crippen LogP contribution in [-0.2, 0) is 0 Å². The van der Waals surface area contributed by atoms with Crippen molar-refractivity contribution in [2.45, 2.75) is 25.8 Å². The Hall–Kier alpha value is -0.500. The Labute approximate surface area is 55.9 Å². The summed E-state index contributed by atoms with van der Waals surface area (Å²) >= 11 is 0. The molecule has 1 aliphatic rings. The van der Waals surface area contributed by atoms with Gasteiger partial charge in [-0.05, 0) is 18.8 Å². The SMILES string of the molecule is CC1CC(N)CC=C1N. The second kappa shape index (κ2) is 2.40. The van der Waals surface area contributed by atoms with Gasteiger partial charge in [-0.2, -0.15) is 0 Å². The van der Waals surface area contributed by atoms with Crippen LogP contribution in [0, 0.1) is 5.92 Å². The van der Waals surface area contributed by atoms with Crippen molar-refractivity contribution in [1.82, 2.24) is 0 Å². The predicted molar refractivity (Wildman–Crippen MR) is 38.6 cm³/mol. The van der Waals surface area contributed by atoms with Crippen molar-refractivity contribution in [2.75, 3.05) is 0 Å². The third-order valence-corrected chi connectivity index (χ3v) is 1.88. The molecule has 0 radical (unpaired) electrons. The zero-order chi connectivity index (χ0) is 6.85. The molecule has 52 valence electrons. The van der Waals surface area contributed by atoms with Crippen LogP contribution in [0.25, 0.3) is 0 Å². The molecule has 2 nitrogen and oxygen atoms in total. The van der Waals surface area contributed by atoms with Crippen molar-refractivity contribution in [3.05, 3.63) is 11.8 Å². The maximum absolute atomic E-state index is 5.69. The quantitative estimate of drug-likeness (QED) is 0.499. The second-order valence-electron chi connectivity index (χ2n) is 2.84. The molecule has 0 fully saturated rings. The minimum atomic E-state index is 0.340. The third kappa shape index (κ3) is 1.45. The highest BCUT2D eigenvalue weighted by Crippen LogP contribution is 2.19. The minimum Gasteiger partial charge on any atom is -0.402 e. The molecule has 0 bridgehead atoms. The van der Waals surface area contributed by atoms with Crippen LogP contribution in [0.3, 0.4) is 0 Å². The van der Waals surface area contributed by atoms with E-state index in [4.69, 9.17) is 11.5 Å². The molecule has 0 saturated carbocycles. The average molecular weight is 126 g/mol. The Morgan fingerprint density at radius 3 is 2.78 bits per heavy atom. The first-order valence-corrected chi connectivity index (χ1v) is 3.41. The molecule has 4 N–H and O–H groups in total. The van der Waals surface area contributed by atoms with Crippen molar-refractivity contribution in [3.63, 3.8) is 0 Å². The number of rotatable bonds is 0. The smallest absolute Gasteiger partial charge is 0.00804 e. The standard InChI is InChI=1S/C7H14N2/c1-5-4-6(8)2-3-7(5)9/h3,5-6H,2,4,8-9H2,1H3. The lowest BCUT2D eigenvalue weighted by atomic mass is 9.91. The molecule has 2 atom stereocenters. The number of hydrogen-bond acceptors (Lipinski definition) is 2. The van der Waals surface area contributed by atoms with Crippen molar-refractivity contribution >= 4 is 0 Å². The summed E-state index contributed by atoms with van der Waals surface area (Å²) in [7, 11) is 0. The second-order valence-corrected chi connectivity index (χ2v) is 2.84. The van der Waals surface area contributed by atoms with E-state index in [0.717, 1.165) is 18.5 Å². The maximum atomic E-state index is 5.69. The van der Waals surface area contributed by atoms with Crippen molar-refractivity contribution in [1.29, 1.82) is 0 Å². The zero-order valence-electron chi connectivity index (χ0n) is 5.80. The Balaban J connectivity index is 2.56. The topological polar surface area (TPSA) is 52.0 Å². The van der Waals surface area contributed by atoms with Gasteiger partial charge in [-0.15, -0.1) is 0 Å². The number of nitrogens with two attached hydrogens (primary N) is 2. The Bertz CT molecular complexity index is 129. The van der Waals surface area contributed by atoms with Gasteiger partial charge in [0.2, 0.25) is 0 Å². The van der Waals surface area contributed by atoms with Crippen LogP contribution < -0.4 is 11.5 Å². The van der Waals surface area contributed by atoms with E-state index in [2.05, 4.69) is 6.92 Å². The van der Waals surface area contributed by atoms with Crippen LogP contribution in [0.4, 0.5) is 0 Å². The van der Waals surface area contributed by atoms with Crippen LogP contribution in [0.2, 0.25) is 0 Å². The lowest BCUT2D eigenvalue weighted by molar-refractivity contribution is 0.483. The fourth-order valence-electron chi connectivity index (χ4n) is 1.18. The largest absolute Gasteiger partial charge is 0.402 e. The van der Waals surface area contributed by atoms with Gasteiger partial charge < -0.3 is 11.5 Å². The van der Waals surface area contributed by atoms with E-state index in [9.17, 15) is 0 Å². The van der Waals surface area contributed by atoms with Crippen LogP contribution in [0.1, 0.15) is 19.8 Å². The van der Waals surface area contributed by atoms with E-state index in [1.807, 2.05) is 6.08 Å². The van der Waals surface area contributed by atoms with E-state index in [-0.39, 0.29) is 0 Å². The summed E-state index contributed by atoms with van der Waals surface area (Å²) in [5, 5.41) is 0. The van der Waals surface area contributed by atoms with Crippen molar-refractivity contribution in [3.8, 4) is 0 Å². The van der Waals surface area contributed by atoms with Crippen LogP contribution in [0.5, 0.6) is 0 Å². The first-order chi connectivity index (χ1) is 4.20. The van der Waals surface area contributed by atoms with Gasteiger partial charge in [0.25, 0.3) is 0 Å². The predicted octanol–water partition coefficient (Wildman–Crippen LogP) is 0.586. The zero-order valence-corrected chi connectivity index (χ0v) is 5.80. The van der Waals surface area contributed by atoms with Crippen LogP contribution >= 0.6 is 0 Å². The van der Waals surface area contributed by atoms with Gasteiger partial charge in [0, 0.05) is 11.7 Å². The van der Waals surface area contributed by atoms with E-state index in [1.54, 1.807) is 0 Å². The Morgan fingerprint density at radius 2 is 2.33 bits per heavy atom. The molecule has 0 amide bonds. The molecule has 9 heavy (non-hydrogen) atoms. The molecule has 0 saturated heterocycles. The van der Waals surface area contributed by atoms with Gasteiger partial charge in [0.1, 0.15) is 0 Å². The molecule has 0 aromatic rings. The summed E-state index contributed by atoms with van der Waals surface area (Å²) in [6.45, 7) is 2.12. The minimum absolute atomic E-state index is 0.340. The van der Waals surface area contributed by atoms with E-state index >= 15 is 0 Å². The van der Waals surface area contributed by atoms with Crippen LogP contribution in [-0.4, -0.2) is 6.04 Å². The van der Waals surface area contributed by atoms with Gasteiger partial charge in [-0.25, -0.2) is 0 Å². The molecule has 1 aliphatic carbocycles. The highest BCUT2D eigenvalue weighted by molar-refractivity contribution is 5.06. The van der Waals surface area contributed by atoms with Gasteiger partial charge in [-0.3, -0.25) is 0 Å². The monoisotopic (exact) mass is 126 g/mol. The summed E-state index contributed by atoms with van der Waals surface area (Å²) in [4.78, 5) is 0. The summed E-state index contributed by atoms with van der Waals surface area (Å²) in [5.74, 6) is 0.494. The summed E-state index contributed by atoms with van der Waals surface area (Å²) in [6, 6.07) is 0.340. The molecule has 0 spiro atoms. The summed E-state index contributed by atoms with van der Waals surface area (Å²) < 4.78 is 0. The molecular weight excluding hydrogens is 112 g/mol. The molecule has 0 aliphatic heterocycles. The van der Waals surface area contributed by atoms with Gasteiger partial charge >= 0.3 is 0 Å². The summed E-state index contributed by atoms with van der Waals surface area (Å²) in [6.07, 6.45) is 4.04. The lowest BCUT2D eigenvalue weighted by Gasteiger charge is -2.21. The highest BCUT2D eigenvalue weighted by atomic mass is 14.7. The normalized spacial score (nSPS) is 36.0. The molecule has 0 aromatic carbocycles. The Kier molecular flexibility index (Phi) is 1.76. The van der Waals surface area contributed by atoms with E-state index in [1.165, 1.54) is 0 Å². The molecule has 2 unspecified atom stereocenters. The number of hydrogen-bond donors (Lipinski definition) is 2. The molecule has 0 heterocycles. The fourth-order valence-corrected chi connectivity index (χ4v) is 1.18. The van der Waals surface area contributed by atoms with Crippen LogP contribution in [0.15, 0.2) is 11.8 Å². The molecular formula is C7H14N2. The van der Waals surface area contributed by atoms with Crippen molar-refractivity contribution in [2.24, 2.45) is 17.4 Å². The van der Waals surface area contributed by atoms with Gasteiger partial charge in [-0.1, -0.05) is 13.0 Å². The Morgan fingerprint density at radius 1 is 1.67 bits per heavy atom. The highest BCUT2D eigenvalue weighted by Gasteiger charge is 2.14. The summed E-state index contributed by atoms with van der Waals surface area (Å²) in [5.41, 5.74) is 12.3. The average Bonchev–Trinajstić information content (AvgIpc) is 1.80. The van der Waals surface area contributed by atoms with E-state index < -0.39 is 0 Å². The first kappa shape index (κ1) is 6.62. The van der Waals surface area contributed by atoms with E-state index in [0.29, 0.717) is 12.0 Å². The first-order valence-electron chi connectivity index (χ1n) is 3.41. The third-order valence-electron chi connectivity index (χ3n) is 1.88. The number of allylic oxidation sites excluding steroid dienone is 1. The van der Waals surface area contributed by atoms with Gasteiger partial charge in [0.05, 0.1) is 0 Å². The van der Waals surface area contributed by atoms with Crippen molar-refractivity contribution < 1.29 is 0 Å². The molecule has 2 heteroatoms. The maximum Gasteiger partial charge on any atom is 0.00804 e. The molecule has 0 aromatic heterocycles.